The van der Waals surface area contributed by atoms with E-state index < -0.39 is 28.7 Å². The van der Waals surface area contributed by atoms with E-state index in [0.717, 1.165) is 4.90 Å². The van der Waals surface area contributed by atoms with Crippen molar-refractivity contribution in [3.63, 3.8) is 0 Å². The molecule has 0 aromatic heterocycles. The highest BCUT2D eigenvalue weighted by Crippen LogP contribution is 1.92. The molecule has 0 atom stereocenters. The summed E-state index contributed by atoms with van der Waals surface area (Å²) in [4.78, 5) is 11.7. The quantitative estimate of drug-likeness (QED) is 0.599. The minimum atomic E-state index is -4.54. The van der Waals surface area contributed by atoms with Gasteiger partial charge in [0.1, 0.15) is 12.4 Å². The van der Waals surface area contributed by atoms with Crippen molar-refractivity contribution in [3.05, 3.63) is 0 Å². The fourth-order valence-corrected chi connectivity index (χ4v) is 0.640. The van der Waals surface area contributed by atoms with Crippen LogP contribution >= 0.6 is 0 Å². The number of ether oxygens (including phenoxy) is 1. The van der Waals surface area contributed by atoms with Gasteiger partial charge in [-0.3, -0.25) is 0 Å². The van der Waals surface area contributed by atoms with Crippen molar-refractivity contribution >= 4 is 16.3 Å². The number of carbonyl (C=O) groups is 1. The summed E-state index contributed by atoms with van der Waals surface area (Å²) >= 11 is 0. The van der Waals surface area contributed by atoms with E-state index in [0.29, 0.717) is 0 Å². The summed E-state index contributed by atoms with van der Waals surface area (Å²) in [5, 5.41) is 0. The van der Waals surface area contributed by atoms with Crippen LogP contribution in [0, 0.1) is 0 Å². The average Bonchev–Trinajstić information content (AvgIpc) is 1.84. The van der Waals surface area contributed by atoms with Crippen molar-refractivity contribution in [2.75, 3.05) is 26.5 Å². The molecular weight excluding hydrogens is 189 g/mol. The van der Waals surface area contributed by atoms with E-state index >= 15 is 0 Å². The lowest BCUT2D eigenvalue weighted by Crippen LogP contribution is -2.24. The predicted molar refractivity (Wildman–Crippen MR) is 39.9 cm³/mol. The van der Waals surface area contributed by atoms with Crippen molar-refractivity contribution in [1.82, 2.24) is 4.90 Å². The molecule has 0 aliphatic heterocycles. The Morgan fingerprint density at radius 1 is 1.50 bits per heavy atom. The minimum Gasteiger partial charge on any atom is -0.448 e. The van der Waals surface area contributed by atoms with Gasteiger partial charge in [0.15, 0.2) is 0 Å². The monoisotopic (exact) mass is 199 g/mol. The summed E-state index contributed by atoms with van der Waals surface area (Å²) in [7, 11) is -1.67. The molecule has 0 rings (SSSR count). The van der Waals surface area contributed by atoms with Gasteiger partial charge in [-0.15, -0.1) is 3.89 Å². The maximum atomic E-state index is 11.8. The van der Waals surface area contributed by atoms with Gasteiger partial charge in [0, 0.05) is 14.1 Å². The first kappa shape index (κ1) is 11.2. The van der Waals surface area contributed by atoms with Gasteiger partial charge in [-0.05, 0) is 0 Å². The van der Waals surface area contributed by atoms with E-state index in [4.69, 9.17) is 0 Å². The van der Waals surface area contributed by atoms with Gasteiger partial charge >= 0.3 is 16.3 Å². The second-order valence-electron chi connectivity index (χ2n) is 2.25. The van der Waals surface area contributed by atoms with Crippen LogP contribution in [0.5, 0.6) is 0 Å². The Labute approximate surface area is 70.3 Å². The van der Waals surface area contributed by atoms with E-state index in [-0.39, 0.29) is 0 Å². The van der Waals surface area contributed by atoms with Gasteiger partial charge in [-0.25, -0.2) is 4.79 Å². The third-order valence-corrected chi connectivity index (χ3v) is 1.57. The number of rotatable bonds is 3. The minimum absolute atomic E-state index is 0.462. The normalized spacial score (nSPS) is 10.9. The number of hydrogen-bond donors (Lipinski definition) is 0. The van der Waals surface area contributed by atoms with Gasteiger partial charge < -0.3 is 9.64 Å². The lowest BCUT2D eigenvalue weighted by Gasteiger charge is -2.09. The van der Waals surface area contributed by atoms with Crippen LogP contribution in [0.3, 0.4) is 0 Å². The highest BCUT2D eigenvalue weighted by atomic mass is 32.3. The molecule has 1 amide bonds. The van der Waals surface area contributed by atoms with E-state index in [2.05, 4.69) is 4.74 Å². The molecule has 0 saturated heterocycles. The van der Waals surface area contributed by atoms with E-state index in [9.17, 15) is 17.1 Å². The number of hydrogen-bond acceptors (Lipinski definition) is 4. The van der Waals surface area contributed by atoms with Crippen LogP contribution in [-0.2, 0) is 15.0 Å². The smallest absolute Gasteiger partial charge is 0.409 e. The number of halogens is 1. The fourth-order valence-electron chi connectivity index (χ4n) is 0.358. The Morgan fingerprint density at radius 3 is 2.33 bits per heavy atom. The summed E-state index contributed by atoms with van der Waals surface area (Å²) in [5.41, 5.74) is 0. The van der Waals surface area contributed by atoms with Crippen LogP contribution in [0.25, 0.3) is 0 Å². The van der Waals surface area contributed by atoms with Gasteiger partial charge in [-0.1, -0.05) is 0 Å². The first-order valence-electron chi connectivity index (χ1n) is 3.09. The molecular formula is C5H10FNO4S. The van der Waals surface area contributed by atoms with Crippen molar-refractivity contribution in [3.8, 4) is 0 Å². The lowest BCUT2D eigenvalue weighted by atomic mass is 10.8. The molecule has 0 aliphatic carbocycles. The average molecular weight is 199 g/mol. The Bertz CT molecular complexity index is 248. The molecule has 0 bridgehead atoms. The molecule has 0 N–H and O–H groups in total. The van der Waals surface area contributed by atoms with Crippen molar-refractivity contribution in [2.24, 2.45) is 0 Å². The second-order valence-corrected chi connectivity index (χ2v) is 3.74. The summed E-state index contributed by atoms with van der Waals surface area (Å²) in [6.07, 6.45) is -0.696. The molecule has 0 aromatic rings. The maximum absolute atomic E-state index is 11.8. The lowest BCUT2D eigenvalue weighted by molar-refractivity contribution is 0.124. The first-order chi connectivity index (χ1) is 5.33. The van der Waals surface area contributed by atoms with Crippen LogP contribution in [-0.4, -0.2) is 45.9 Å². The molecule has 0 spiro atoms. The number of amides is 1. The zero-order valence-electron chi connectivity index (χ0n) is 6.78. The van der Waals surface area contributed by atoms with Crippen LogP contribution in [0.15, 0.2) is 0 Å². The number of nitrogens with zero attached hydrogens (tertiary/aromatic N) is 1. The third kappa shape index (κ3) is 5.90. The van der Waals surface area contributed by atoms with Gasteiger partial charge in [0.25, 0.3) is 0 Å². The predicted octanol–water partition coefficient (Wildman–Crippen LogP) is -0.0161. The molecule has 0 fully saturated rings. The van der Waals surface area contributed by atoms with E-state index in [1.807, 2.05) is 0 Å². The molecule has 0 aliphatic rings. The molecule has 0 unspecified atom stereocenters. The van der Waals surface area contributed by atoms with Crippen LogP contribution in [0.4, 0.5) is 8.68 Å². The first-order valence-corrected chi connectivity index (χ1v) is 4.64. The molecule has 0 aromatic carbocycles. The Morgan fingerprint density at radius 2 is 2.00 bits per heavy atom. The van der Waals surface area contributed by atoms with Crippen molar-refractivity contribution in [1.29, 1.82) is 0 Å². The topological polar surface area (TPSA) is 63.7 Å². The standard InChI is InChI=1S/C5H10FNO4S/c1-7(2)5(8)11-3-4-12(6,9)10/h3-4H2,1-2H3. The zero-order chi connectivity index (χ0) is 9.78. The molecule has 72 valence electrons. The van der Waals surface area contributed by atoms with Crippen LogP contribution < -0.4 is 0 Å². The maximum Gasteiger partial charge on any atom is 0.409 e. The fraction of sp³-hybridized carbons (Fsp3) is 0.800. The molecule has 0 saturated carbocycles. The molecule has 5 nitrogen and oxygen atoms in total. The summed E-state index contributed by atoms with van der Waals surface area (Å²) in [6.45, 7) is -0.462. The van der Waals surface area contributed by atoms with Gasteiger partial charge in [-0.2, -0.15) is 8.42 Å². The Hall–Kier alpha value is -0.850. The molecule has 0 radical (unpaired) electrons. The largest absolute Gasteiger partial charge is 0.448 e. The highest BCUT2D eigenvalue weighted by Gasteiger charge is 2.10. The number of carbonyl (C=O) groups excluding carboxylic acids is 1. The van der Waals surface area contributed by atoms with Crippen LogP contribution in [0.2, 0.25) is 0 Å². The van der Waals surface area contributed by atoms with Gasteiger partial charge in [0.05, 0.1) is 0 Å². The summed E-state index contributed by atoms with van der Waals surface area (Å²) in [6, 6.07) is 0. The Kier molecular flexibility index (Phi) is 3.94. The van der Waals surface area contributed by atoms with Crippen LogP contribution in [0.1, 0.15) is 0 Å². The molecule has 0 heterocycles. The second kappa shape index (κ2) is 4.24. The zero-order valence-corrected chi connectivity index (χ0v) is 7.60. The van der Waals surface area contributed by atoms with E-state index in [1.165, 1.54) is 14.1 Å². The van der Waals surface area contributed by atoms with Crippen molar-refractivity contribution < 1.29 is 21.8 Å². The SMILES string of the molecule is CN(C)C(=O)OCCS(=O)(=O)F. The summed E-state index contributed by atoms with van der Waals surface area (Å²) < 4.78 is 36.0. The Balaban J connectivity index is 3.66. The third-order valence-electron chi connectivity index (χ3n) is 0.918. The van der Waals surface area contributed by atoms with Gasteiger partial charge in [0.2, 0.25) is 0 Å². The molecule has 7 heteroatoms. The highest BCUT2D eigenvalue weighted by molar-refractivity contribution is 7.86. The summed E-state index contributed by atoms with van der Waals surface area (Å²) in [5.74, 6) is -0.799. The van der Waals surface area contributed by atoms with Crippen molar-refractivity contribution in [2.45, 2.75) is 0 Å². The molecule has 12 heavy (non-hydrogen) atoms. The van der Waals surface area contributed by atoms with E-state index in [1.54, 1.807) is 0 Å².